The van der Waals surface area contributed by atoms with Gasteiger partial charge in [-0.2, -0.15) is 0 Å². The highest BCUT2D eigenvalue weighted by Crippen LogP contribution is 2.21. The van der Waals surface area contributed by atoms with E-state index in [0.29, 0.717) is 6.04 Å². The monoisotopic (exact) mass is 338 g/mol. The first kappa shape index (κ1) is 15.5. The van der Waals surface area contributed by atoms with Crippen molar-refractivity contribution < 1.29 is 4.79 Å². The van der Waals surface area contributed by atoms with Gasteiger partial charge in [0, 0.05) is 23.0 Å². The molecule has 1 aliphatic heterocycles. The molecular formula is C16H23BrN2O. The molecule has 1 aliphatic rings. The molecule has 2 atom stereocenters. The van der Waals surface area contributed by atoms with Gasteiger partial charge in [-0.3, -0.25) is 4.79 Å². The summed E-state index contributed by atoms with van der Waals surface area (Å²) in [7, 11) is 0. The largest absolute Gasteiger partial charge is 0.352 e. The van der Waals surface area contributed by atoms with Crippen LogP contribution in [0.15, 0.2) is 28.7 Å². The summed E-state index contributed by atoms with van der Waals surface area (Å²) in [4.78, 5) is 12.4. The van der Waals surface area contributed by atoms with Crippen molar-refractivity contribution in [1.29, 1.82) is 0 Å². The zero-order valence-electron chi connectivity index (χ0n) is 12.0. The third kappa shape index (κ3) is 4.32. The maximum absolute atomic E-state index is 12.4. The number of halogens is 1. The minimum atomic E-state index is 0.0515. The minimum absolute atomic E-state index is 0.0515. The van der Waals surface area contributed by atoms with E-state index in [4.69, 9.17) is 0 Å². The second-order valence-corrected chi connectivity index (χ2v) is 6.31. The number of carbonyl (C=O) groups excluding carboxylic acids is 1. The molecule has 1 fully saturated rings. The third-order valence-corrected chi connectivity index (χ3v) is 4.70. The predicted octanol–water partition coefficient (Wildman–Crippen LogP) is 2.89. The number of benzene rings is 1. The molecule has 1 aromatic rings. The highest BCUT2D eigenvalue weighted by atomic mass is 79.9. The topological polar surface area (TPSA) is 41.1 Å². The van der Waals surface area contributed by atoms with Crippen molar-refractivity contribution in [3.05, 3.63) is 34.3 Å². The van der Waals surface area contributed by atoms with E-state index in [-0.39, 0.29) is 11.8 Å². The van der Waals surface area contributed by atoms with Crippen molar-refractivity contribution in [3.63, 3.8) is 0 Å². The highest BCUT2D eigenvalue weighted by Gasteiger charge is 2.22. The maximum atomic E-state index is 12.4. The Kier molecular flexibility index (Phi) is 6.05. The van der Waals surface area contributed by atoms with E-state index in [1.54, 1.807) is 0 Å². The Labute approximate surface area is 129 Å². The molecule has 1 aromatic carbocycles. The van der Waals surface area contributed by atoms with E-state index < -0.39 is 0 Å². The fraction of sp³-hybridized carbons (Fsp3) is 0.562. The summed E-state index contributed by atoms with van der Waals surface area (Å²) in [5.41, 5.74) is 1.20. The number of nitrogens with one attached hydrogen (secondary N) is 2. The number of hydrogen-bond donors (Lipinski definition) is 2. The molecule has 0 aromatic heterocycles. The molecule has 2 unspecified atom stereocenters. The average Bonchev–Trinajstić information content (AvgIpc) is 2.47. The number of amides is 1. The van der Waals surface area contributed by atoms with Crippen molar-refractivity contribution in [2.45, 2.75) is 38.6 Å². The first-order valence-electron chi connectivity index (χ1n) is 7.45. The SMILES string of the molecule is CCC(Cc1ccccc1Br)C(=O)NC1CCCNC1. The van der Waals surface area contributed by atoms with Crippen molar-refractivity contribution in [2.24, 2.45) is 5.92 Å². The maximum Gasteiger partial charge on any atom is 0.223 e. The van der Waals surface area contributed by atoms with Crippen LogP contribution in [-0.4, -0.2) is 25.0 Å². The van der Waals surface area contributed by atoms with Crippen LogP contribution in [0.5, 0.6) is 0 Å². The molecule has 4 heteroatoms. The van der Waals surface area contributed by atoms with E-state index in [1.807, 2.05) is 18.2 Å². The lowest BCUT2D eigenvalue weighted by molar-refractivity contribution is -0.125. The van der Waals surface area contributed by atoms with Crippen LogP contribution in [-0.2, 0) is 11.2 Å². The number of piperidine rings is 1. The number of hydrogen-bond acceptors (Lipinski definition) is 2. The van der Waals surface area contributed by atoms with Crippen molar-refractivity contribution in [1.82, 2.24) is 10.6 Å². The average molecular weight is 339 g/mol. The van der Waals surface area contributed by atoms with Gasteiger partial charge in [0.25, 0.3) is 0 Å². The van der Waals surface area contributed by atoms with E-state index in [1.165, 1.54) is 5.56 Å². The molecular weight excluding hydrogens is 316 g/mol. The van der Waals surface area contributed by atoms with Gasteiger partial charge < -0.3 is 10.6 Å². The van der Waals surface area contributed by atoms with Crippen molar-refractivity contribution in [3.8, 4) is 0 Å². The van der Waals surface area contributed by atoms with E-state index in [0.717, 1.165) is 43.2 Å². The van der Waals surface area contributed by atoms with Gasteiger partial charge in [-0.25, -0.2) is 0 Å². The Morgan fingerprint density at radius 3 is 2.95 bits per heavy atom. The van der Waals surface area contributed by atoms with Crippen LogP contribution in [0.25, 0.3) is 0 Å². The van der Waals surface area contributed by atoms with Crippen LogP contribution >= 0.6 is 15.9 Å². The highest BCUT2D eigenvalue weighted by molar-refractivity contribution is 9.10. The molecule has 0 radical (unpaired) electrons. The zero-order chi connectivity index (χ0) is 14.4. The summed E-state index contributed by atoms with van der Waals surface area (Å²) in [6.45, 7) is 4.05. The summed E-state index contributed by atoms with van der Waals surface area (Å²) < 4.78 is 1.09. The molecule has 2 rings (SSSR count). The van der Waals surface area contributed by atoms with Crippen LogP contribution < -0.4 is 10.6 Å². The van der Waals surface area contributed by atoms with Gasteiger partial charge in [-0.05, 0) is 43.9 Å². The quantitative estimate of drug-likeness (QED) is 0.866. The second kappa shape index (κ2) is 7.79. The summed E-state index contributed by atoms with van der Waals surface area (Å²) >= 11 is 3.56. The van der Waals surface area contributed by atoms with Gasteiger partial charge in [-0.1, -0.05) is 41.1 Å². The molecule has 1 amide bonds. The Balaban J connectivity index is 1.93. The molecule has 0 bridgehead atoms. The molecule has 0 spiro atoms. The van der Waals surface area contributed by atoms with Gasteiger partial charge >= 0.3 is 0 Å². The molecule has 0 aliphatic carbocycles. The lowest BCUT2D eigenvalue weighted by atomic mass is 9.95. The Hall–Kier alpha value is -0.870. The van der Waals surface area contributed by atoms with Crippen molar-refractivity contribution >= 4 is 21.8 Å². The molecule has 0 saturated carbocycles. The molecule has 2 N–H and O–H groups in total. The summed E-state index contributed by atoms with van der Waals surface area (Å²) in [5, 5.41) is 6.53. The molecule has 20 heavy (non-hydrogen) atoms. The van der Waals surface area contributed by atoms with Crippen LogP contribution in [0.2, 0.25) is 0 Å². The van der Waals surface area contributed by atoms with E-state index in [9.17, 15) is 4.79 Å². The first-order valence-corrected chi connectivity index (χ1v) is 8.24. The zero-order valence-corrected chi connectivity index (χ0v) is 13.6. The molecule has 3 nitrogen and oxygen atoms in total. The Morgan fingerprint density at radius 2 is 2.30 bits per heavy atom. The summed E-state index contributed by atoms with van der Waals surface area (Å²) in [5.74, 6) is 0.243. The van der Waals surface area contributed by atoms with E-state index >= 15 is 0 Å². The normalized spacial score (nSPS) is 20.4. The number of carbonyl (C=O) groups is 1. The van der Waals surface area contributed by atoms with Crippen LogP contribution in [0.4, 0.5) is 0 Å². The number of rotatable bonds is 5. The van der Waals surface area contributed by atoms with Crippen LogP contribution in [0.3, 0.4) is 0 Å². The second-order valence-electron chi connectivity index (χ2n) is 5.45. The fourth-order valence-electron chi connectivity index (χ4n) is 2.65. The predicted molar refractivity (Wildman–Crippen MR) is 85.7 cm³/mol. The summed E-state index contributed by atoms with van der Waals surface area (Å²) in [6.07, 6.45) is 3.90. The van der Waals surface area contributed by atoms with Gasteiger partial charge in [0.05, 0.1) is 0 Å². The molecule has 110 valence electrons. The van der Waals surface area contributed by atoms with Gasteiger partial charge in [-0.15, -0.1) is 0 Å². The van der Waals surface area contributed by atoms with Gasteiger partial charge in [0.15, 0.2) is 0 Å². The van der Waals surface area contributed by atoms with Crippen molar-refractivity contribution in [2.75, 3.05) is 13.1 Å². The molecule has 1 saturated heterocycles. The molecule has 1 heterocycles. The summed E-state index contributed by atoms with van der Waals surface area (Å²) in [6, 6.07) is 8.44. The fourth-order valence-corrected chi connectivity index (χ4v) is 3.09. The smallest absolute Gasteiger partial charge is 0.223 e. The van der Waals surface area contributed by atoms with E-state index in [2.05, 4.69) is 39.6 Å². The third-order valence-electron chi connectivity index (χ3n) is 3.93. The van der Waals surface area contributed by atoms with Gasteiger partial charge in [0.2, 0.25) is 5.91 Å². The first-order chi connectivity index (χ1) is 9.70. The van der Waals surface area contributed by atoms with Gasteiger partial charge in [0.1, 0.15) is 0 Å². The Morgan fingerprint density at radius 1 is 1.50 bits per heavy atom. The minimum Gasteiger partial charge on any atom is -0.352 e. The van der Waals surface area contributed by atoms with Crippen LogP contribution in [0, 0.1) is 5.92 Å². The Bertz CT molecular complexity index is 444. The lowest BCUT2D eigenvalue weighted by Gasteiger charge is -2.26. The van der Waals surface area contributed by atoms with Crippen LogP contribution in [0.1, 0.15) is 31.7 Å². The standard InChI is InChI=1S/C16H23BrN2O/c1-2-12(10-13-6-3-4-8-15(13)17)16(20)19-14-7-5-9-18-11-14/h3-4,6,8,12,14,18H,2,5,7,9-11H2,1H3,(H,19,20). The lowest BCUT2D eigenvalue weighted by Crippen LogP contribution is -2.47.